The Balaban J connectivity index is 1.65. The third-order valence-electron chi connectivity index (χ3n) is 5.42. The number of aryl methyl sites for hydroxylation is 2. The van der Waals surface area contributed by atoms with Gasteiger partial charge in [0.05, 0.1) is 0 Å². The van der Waals surface area contributed by atoms with Gasteiger partial charge < -0.3 is 10.1 Å². The first kappa shape index (κ1) is 21.6. The molecule has 1 aliphatic carbocycles. The zero-order valence-electron chi connectivity index (χ0n) is 17.8. The molecule has 0 spiro atoms. The van der Waals surface area contributed by atoms with E-state index in [1.807, 2.05) is 24.3 Å². The average molecular weight is 414 g/mol. The highest BCUT2D eigenvalue weighted by atomic mass is 32.1. The van der Waals surface area contributed by atoms with E-state index in [0.29, 0.717) is 4.88 Å². The van der Waals surface area contributed by atoms with Gasteiger partial charge in [0.1, 0.15) is 4.88 Å². The number of amides is 1. The predicted octanol–water partition coefficient (Wildman–Crippen LogP) is 6.06. The van der Waals surface area contributed by atoms with Crippen molar-refractivity contribution in [2.24, 2.45) is 0 Å². The summed E-state index contributed by atoms with van der Waals surface area (Å²) in [6.45, 7) is 8.16. The van der Waals surface area contributed by atoms with Crippen LogP contribution in [0.3, 0.4) is 0 Å². The van der Waals surface area contributed by atoms with Gasteiger partial charge in [-0.3, -0.25) is 4.79 Å². The molecule has 1 N–H and O–H groups in total. The number of esters is 1. The van der Waals surface area contributed by atoms with Crippen LogP contribution in [0.4, 0.5) is 5.69 Å². The summed E-state index contributed by atoms with van der Waals surface area (Å²) in [6, 6.07) is 8.06. The summed E-state index contributed by atoms with van der Waals surface area (Å²) in [5.41, 5.74) is 4.31. The lowest BCUT2D eigenvalue weighted by Gasteiger charge is -2.20. The van der Waals surface area contributed by atoms with Crippen LogP contribution < -0.4 is 5.32 Å². The van der Waals surface area contributed by atoms with Crippen molar-refractivity contribution in [3.8, 4) is 0 Å². The Hall–Kier alpha value is -2.14. The van der Waals surface area contributed by atoms with E-state index in [2.05, 4.69) is 33.0 Å². The van der Waals surface area contributed by atoms with E-state index in [9.17, 15) is 9.59 Å². The zero-order chi connectivity index (χ0) is 21.0. The number of fused-ring (bicyclic) bond motifs is 1. The Morgan fingerprint density at radius 2 is 1.69 bits per heavy atom. The van der Waals surface area contributed by atoms with E-state index in [1.54, 1.807) is 0 Å². The molecule has 0 saturated heterocycles. The molecule has 1 aliphatic rings. The highest BCUT2D eigenvalue weighted by Crippen LogP contribution is 2.32. The Kier molecular flexibility index (Phi) is 7.12. The lowest BCUT2D eigenvalue weighted by Crippen LogP contribution is -2.22. The largest absolute Gasteiger partial charge is 0.451 e. The third-order valence-corrected chi connectivity index (χ3v) is 6.64. The van der Waals surface area contributed by atoms with Crippen molar-refractivity contribution in [3.05, 3.63) is 50.7 Å². The maximum Gasteiger partial charge on any atom is 0.348 e. The van der Waals surface area contributed by atoms with Gasteiger partial charge in [-0.05, 0) is 60.3 Å². The SMILES string of the molecule is CC(C)c1cccc(C(C)C)c1NC(=O)COC(=O)c1cc2c(s1)CCCCC2. The number of carbonyl (C=O) groups is 2. The Bertz CT molecular complexity index is 832. The fraction of sp³-hybridized carbons (Fsp3) is 0.500. The summed E-state index contributed by atoms with van der Waals surface area (Å²) in [6.07, 6.45) is 5.67. The van der Waals surface area contributed by atoms with Gasteiger partial charge in [-0.15, -0.1) is 11.3 Å². The molecule has 2 aromatic rings. The Morgan fingerprint density at radius 1 is 1.03 bits per heavy atom. The minimum Gasteiger partial charge on any atom is -0.451 e. The van der Waals surface area contributed by atoms with E-state index < -0.39 is 5.97 Å². The molecule has 3 rings (SSSR count). The summed E-state index contributed by atoms with van der Waals surface area (Å²) >= 11 is 1.52. The number of rotatable bonds is 6. The van der Waals surface area contributed by atoms with Crippen LogP contribution in [0, 0.1) is 0 Å². The van der Waals surface area contributed by atoms with Crippen molar-refractivity contribution < 1.29 is 14.3 Å². The van der Waals surface area contributed by atoms with E-state index in [4.69, 9.17) is 4.74 Å². The number of anilines is 1. The summed E-state index contributed by atoms with van der Waals surface area (Å²) in [7, 11) is 0. The highest BCUT2D eigenvalue weighted by Gasteiger charge is 2.20. The molecule has 0 atom stereocenters. The Labute approximate surface area is 177 Å². The smallest absolute Gasteiger partial charge is 0.348 e. The van der Waals surface area contributed by atoms with Crippen molar-refractivity contribution in [1.29, 1.82) is 0 Å². The predicted molar refractivity (Wildman–Crippen MR) is 119 cm³/mol. The van der Waals surface area contributed by atoms with E-state index >= 15 is 0 Å². The van der Waals surface area contributed by atoms with Crippen molar-refractivity contribution in [2.75, 3.05) is 11.9 Å². The molecular weight excluding hydrogens is 382 g/mol. The van der Waals surface area contributed by atoms with Gasteiger partial charge in [-0.1, -0.05) is 52.3 Å². The maximum absolute atomic E-state index is 12.6. The first-order valence-corrected chi connectivity index (χ1v) is 11.4. The molecule has 0 bridgehead atoms. The number of benzene rings is 1. The number of hydrogen-bond donors (Lipinski definition) is 1. The summed E-state index contributed by atoms with van der Waals surface area (Å²) in [5.74, 6) is -0.132. The number of hydrogen-bond acceptors (Lipinski definition) is 4. The Morgan fingerprint density at radius 3 is 2.34 bits per heavy atom. The summed E-state index contributed by atoms with van der Waals surface area (Å²) < 4.78 is 5.33. The van der Waals surface area contributed by atoms with Crippen molar-refractivity contribution in [1.82, 2.24) is 0 Å². The quantitative estimate of drug-likeness (QED) is 0.463. The van der Waals surface area contributed by atoms with Crippen LogP contribution >= 0.6 is 11.3 Å². The standard InChI is InChI=1S/C24H31NO3S/c1-15(2)18-10-8-11-19(16(3)4)23(18)25-22(26)14-28-24(27)21-13-17-9-6-5-7-12-20(17)29-21/h8,10-11,13,15-16H,5-7,9,12,14H2,1-4H3,(H,25,26). The van der Waals surface area contributed by atoms with Gasteiger partial charge in [-0.25, -0.2) is 4.79 Å². The van der Waals surface area contributed by atoms with Crippen molar-refractivity contribution >= 4 is 28.9 Å². The van der Waals surface area contributed by atoms with Gasteiger partial charge in [0.15, 0.2) is 6.61 Å². The molecule has 1 aromatic heterocycles. The average Bonchev–Trinajstić information content (AvgIpc) is 2.96. The lowest BCUT2D eigenvalue weighted by atomic mass is 9.92. The van der Waals surface area contributed by atoms with Gasteiger partial charge in [0.2, 0.25) is 0 Å². The minimum absolute atomic E-state index is 0.272. The van der Waals surface area contributed by atoms with Gasteiger partial charge >= 0.3 is 5.97 Å². The molecule has 0 radical (unpaired) electrons. The normalized spacial score (nSPS) is 13.9. The summed E-state index contributed by atoms with van der Waals surface area (Å²) in [4.78, 5) is 26.9. The molecule has 5 heteroatoms. The molecule has 4 nitrogen and oxygen atoms in total. The topological polar surface area (TPSA) is 55.4 Å². The molecular formula is C24H31NO3S. The van der Waals surface area contributed by atoms with Gasteiger partial charge in [-0.2, -0.15) is 0 Å². The third kappa shape index (κ3) is 5.27. The van der Waals surface area contributed by atoms with Crippen molar-refractivity contribution in [2.45, 2.75) is 71.6 Å². The zero-order valence-corrected chi connectivity index (χ0v) is 18.7. The molecule has 1 aromatic carbocycles. The molecule has 0 saturated carbocycles. The fourth-order valence-electron chi connectivity index (χ4n) is 3.84. The maximum atomic E-state index is 12.6. The number of carbonyl (C=O) groups excluding carboxylic acids is 2. The van der Waals surface area contributed by atoms with Crippen LogP contribution in [-0.4, -0.2) is 18.5 Å². The number of ether oxygens (including phenoxy) is 1. The van der Waals surface area contributed by atoms with Crippen LogP contribution in [-0.2, 0) is 22.4 Å². The van der Waals surface area contributed by atoms with Gasteiger partial charge in [0, 0.05) is 10.6 Å². The second-order valence-electron chi connectivity index (χ2n) is 8.36. The highest BCUT2D eigenvalue weighted by molar-refractivity contribution is 7.14. The monoisotopic (exact) mass is 413 g/mol. The number of nitrogens with one attached hydrogen (secondary N) is 1. The van der Waals surface area contributed by atoms with Crippen LogP contribution in [0.5, 0.6) is 0 Å². The molecule has 0 fully saturated rings. The molecule has 1 amide bonds. The second-order valence-corrected chi connectivity index (χ2v) is 9.50. The van der Waals surface area contributed by atoms with Crippen LogP contribution in [0.1, 0.15) is 90.0 Å². The first-order valence-electron chi connectivity index (χ1n) is 10.6. The van der Waals surface area contributed by atoms with Crippen molar-refractivity contribution in [3.63, 3.8) is 0 Å². The lowest BCUT2D eigenvalue weighted by molar-refractivity contribution is -0.119. The molecule has 1 heterocycles. The first-order chi connectivity index (χ1) is 13.9. The molecule has 0 aliphatic heterocycles. The molecule has 0 unspecified atom stereocenters. The second kappa shape index (κ2) is 9.57. The van der Waals surface area contributed by atoms with Crippen LogP contribution in [0.2, 0.25) is 0 Å². The minimum atomic E-state index is -0.403. The van der Waals surface area contributed by atoms with E-state index in [-0.39, 0.29) is 24.3 Å². The van der Waals surface area contributed by atoms with Crippen LogP contribution in [0.15, 0.2) is 24.3 Å². The van der Waals surface area contributed by atoms with E-state index in [1.165, 1.54) is 41.0 Å². The number of thiophene rings is 1. The molecule has 156 valence electrons. The van der Waals surface area contributed by atoms with Crippen LogP contribution in [0.25, 0.3) is 0 Å². The van der Waals surface area contributed by atoms with Gasteiger partial charge in [0.25, 0.3) is 5.91 Å². The molecule has 29 heavy (non-hydrogen) atoms. The fourth-order valence-corrected chi connectivity index (χ4v) is 4.99. The van der Waals surface area contributed by atoms with E-state index in [0.717, 1.165) is 29.7 Å². The number of para-hydroxylation sites is 1. The summed E-state index contributed by atoms with van der Waals surface area (Å²) in [5, 5.41) is 2.99.